The molecule has 0 aliphatic heterocycles. The summed E-state index contributed by atoms with van der Waals surface area (Å²) in [4.78, 5) is 29.4. The fraction of sp³-hybridized carbons (Fsp3) is 0.200. The van der Waals surface area contributed by atoms with Crippen molar-refractivity contribution in [2.75, 3.05) is 19.0 Å². The molecule has 2 N–H and O–H groups in total. The topological polar surface area (TPSA) is 111 Å². The third-order valence-electron chi connectivity index (χ3n) is 1.76. The summed E-state index contributed by atoms with van der Waals surface area (Å²) in [7, 11) is 1.24. The van der Waals surface area contributed by atoms with E-state index in [1.54, 1.807) is 0 Å². The van der Waals surface area contributed by atoms with E-state index in [9.17, 15) is 9.59 Å². The molecule has 18 heavy (non-hydrogen) atoms. The minimum absolute atomic E-state index is 0.0189. The highest BCUT2D eigenvalue weighted by molar-refractivity contribution is 5.93. The number of hydrogen-bond acceptors (Lipinski definition) is 6. The van der Waals surface area contributed by atoms with Crippen LogP contribution in [-0.4, -0.2) is 40.9 Å². The van der Waals surface area contributed by atoms with Crippen LogP contribution in [0.15, 0.2) is 19.0 Å². The largest absolute Gasteiger partial charge is 0.491 e. The SMILES string of the molecule is C=CCOC(=O)Nc1ncnc(C(=O)O)c1OC. The maximum absolute atomic E-state index is 11.3. The Morgan fingerprint density at radius 3 is 2.83 bits per heavy atom. The Bertz CT molecular complexity index is 475. The summed E-state index contributed by atoms with van der Waals surface area (Å²) in [6.07, 6.45) is 1.58. The maximum atomic E-state index is 11.3. The van der Waals surface area contributed by atoms with Crippen molar-refractivity contribution in [1.82, 2.24) is 9.97 Å². The van der Waals surface area contributed by atoms with Gasteiger partial charge in [0.05, 0.1) is 7.11 Å². The van der Waals surface area contributed by atoms with Crippen LogP contribution in [0.1, 0.15) is 10.5 Å². The minimum Gasteiger partial charge on any atom is -0.491 e. The van der Waals surface area contributed by atoms with Gasteiger partial charge in [-0.25, -0.2) is 19.6 Å². The first-order chi connectivity index (χ1) is 8.60. The van der Waals surface area contributed by atoms with Crippen molar-refractivity contribution < 1.29 is 24.2 Å². The van der Waals surface area contributed by atoms with Gasteiger partial charge in [-0.05, 0) is 0 Å². The lowest BCUT2D eigenvalue weighted by Crippen LogP contribution is -2.17. The Balaban J connectivity index is 2.95. The number of carboxylic acid groups (broad SMARTS) is 1. The Morgan fingerprint density at radius 1 is 1.56 bits per heavy atom. The minimum atomic E-state index is -1.29. The third kappa shape index (κ3) is 3.17. The average Bonchev–Trinajstić information content (AvgIpc) is 2.35. The van der Waals surface area contributed by atoms with Crippen LogP contribution >= 0.6 is 0 Å². The number of nitrogens with zero attached hydrogens (tertiary/aromatic N) is 2. The number of amides is 1. The van der Waals surface area contributed by atoms with E-state index in [0.29, 0.717) is 0 Å². The summed E-state index contributed by atoms with van der Waals surface area (Å²) < 4.78 is 9.51. The summed E-state index contributed by atoms with van der Waals surface area (Å²) >= 11 is 0. The monoisotopic (exact) mass is 253 g/mol. The molecule has 0 aliphatic rings. The van der Waals surface area contributed by atoms with Gasteiger partial charge in [0.1, 0.15) is 12.9 Å². The first-order valence-electron chi connectivity index (χ1n) is 4.77. The molecule has 1 heterocycles. The Labute approximate surface area is 102 Å². The second-order valence-corrected chi connectivity index (χ2v) is 2.92. The number of carbonyl (C=O) groups excluding carboxylic acids is 1. The normalized spacial score (nSPS) is 9.39. The van der Waals surface area contributed by atoms with Crippen molar-refractivity contribution in [3.8, 4) is 5.75 Å². The average molecular weight is 253 g/mol. The van der Waals surface area contributed by atoms with E-state index in [0.717, 1.165) is 6.33 Å². The van der Waals surface area contributed by atoms with Crippen LogP contribution in [0.2, 0.25) is 0 Å². The first-order valence-corrected chi connectivity index (χ1v) is 4.77. The molecule has 1 aromatic heterocycles. The highest BCUT2D eigenvalue weighted by atomic mass is 16.5. The molecular weight excluding hydrogens is 242 g/mol. The number of rotatable bonds is 5. The van der Waals surface area contributed by atoms with Gasteiger partial charge < -0.3 is 14.6 Å². The molecule has 96 valence electrons. The van der Waals surface area contributed by atoms with Gasteiger partial charge in [-0.1, -0.05) is 12.7 Å². The number of hydrogen-bond donors (Lipinski definition) is 2. The van der Waals surface area contributed by atoms with Crippen LogP contribution in [0.3, 0.4) is 0 Å². The van der Waals surface area contributed by atoms with Crippen molar-refractivity contribution in [3.63, 3.8) is 0 Å². The molecule has 0 radical (unpaired) electrons. The van der Waals surface area contributed by atoms with Crippen LogP contribution in [0, 0.1) is 0 Å². The van der Waals surface area contributed by atoms with Crippen LogP contribution < -0.4 is 10.1 Å². The second kappa shape index (κ2) is 6.18. The van der Waals surface area contributed by atoms with E-state index >= 15 is 0 Å². The first kappa shape index (κ1) is 13.4. The van der Waals surface area contributed by atoms with E-state index in [-0.39, 0.29) is 23.9 Å². The third-order valence-corrected chi connectivity index (χ3v) is 1.76. The number of nitrogens with one attached hydrogen (secondary N) is 1. The van der Waals surface area contributed by atoms with Crippen LogP contribution in [0.5, 0.6) is 5.75 Å². The summed E-state index contributed by atoms with van der Waals surface area (Å²) in [6, 6.07) is 0. The standard InChI is InChI=1S/C10H11N3O5/c1-3-4-18-10(16)13-8-7(17-2)6(9(14)15)11-5-12-8/h3,5H,1,4H2,2H3,(H,14,15)(H,11,12,13,16). The van der Waals surface area contributed by atoms with Gasteiger partial charge in [0.2, 0.25) is 0 Å². The quantitative estimate of drug-likeness (QED) is 0.750. The maximum Gasteiger partial charge on any atom is 0.413 e. The van der Waals surface area contributed by atoms with Crippen molar-refractivity contribution in [3.05, 3.63) is 24.7 Å². The van der Waals surface area contributed by atoms with Crippen LogP contribution in [0.4, 0.5) is 10.6 Å². The van der Waals surface area contributed by atoms with E-state index in [4.69, 9.17) is 9.84 Å². The molecular formula is C10H11N3O5. The lowest BCUT2D eigenvalue weighted by Gasteiger charge is -2.09. The number of methoxy groups -OCH3 is 1. The van der Waals surface area contributed by atoms with Crippen molar-refractivity contribution >= 4 is 17.9 Å². The molecule has 0 saturated heterocycles. The Kier molecular flexibility index (Phi) is 4.61. The summed E-state index contributed by atoms with van der Waals surface area (Å²) in [5, 5.41) is 11.1. The zero-order chi connectivity index (χ0) is 13.5. The number of anilines is 1. The molecule has 8 nitrogen and oxygen atoms in total. The van der Waals surface area contributed by atoms with Crippen LogP contribution in [-0.2, 0) is 4.74 Å². The smallest absolute Gasteiger partial charge is 0.413 e. The van der Waals surface area contributed by atoms with E-state index in [2.05, 4.69) is 26.6 Å². The highest BCUT2D eigenvalue weighted by Gasteiger charge is 2.19. The predicted octanol–water partition coefficient (Wildman–Crippen LogP) is 0.918. The number of aromatic nitrogens is 2. The number of ether oxygens (including phenoxy) is 2. The molecule has 1 aromatic rings. The van der Waals surface area contributed by atoms with Crippen molar-refractivity contribution in [1.29, 1.82) is 0 Å². The van der Waals surface area contributed by atoms with Gasteiger partial charge in [0, 0.05) is 0 Å². The predicted molar refractivity (Wildman–Crippen MR) is 60.7 cm³/mol. The molecule has 0 aromatic carbocycles. The molecule has 0 bridgehead atoms. The van der Waals surface area contributed by atoms with E-state index < -0.39 is 12.1 Å². The molecule has 0 saturated carbocycles. The molecule has 0 unspecified atom stereocenters. The molecule has 8 heteroatoms. The second-order valence-electron chi connectivity index (χ2n) is 2.92. The molecule has 1 rings (SSSR count). The van der Waals surface area contributed by atoms with Gasteiger partial charge in [0.15, 0.2) is 17.3 Å². The summed E-state index contributed by atoms with van der Waals surface area (Å²) in [5.74, 6) is -1.53. The van der Waals surface area contributed by atoms with Gasteiger partial charge in [-0.3, -0.25) is 5.32 Å². The molecule has 0 aliphatic carbocycles. The van der Waals surface area contributed by atoms with E-state index in [1.807, 2.05) is 0 Å². The summed E-state index contributed by atoms with van der Waals surface area (Å²) in [5.41, 5.74) is -0.355. The molecule has 0 fully saturated rings. The number of carboxylic acids is 1. The summed E-state index contributed by atoms with van der Waals surface area (Å²) in [6.45, 7) is 3.40. The van der Waals surface area contributed by atoms with Gasteiger partial charge in [-0.15, -0.1) is 0 Å². The Morgan fingerprint density at radius 2 is 2.28 bits per heavy atom. The van der Waals surface area contributed by atoms with Gasteiger partial charge >= 0.3 is 12.1 Å². The Hall–Kier alpha value is -2.64. The van der Waals surface area contributed by atoms with Gasteiger partial charge in [0.25, 0.3) is 0 Å². The van der Waals surface area contributed by atoms with E-state index in [1.165, 1.54) is 13.2 Å². The van der Waals surface area contributed by atoms with Crippen molar-refractivity contribution in [2.24, 2.45) is 0 Å². The molecule has 1 amide bonds. The van der Waals surface area contributed by atoms with Gasteiger partial charge in [-0.2, -0.15) is 0 Å². The zero-order valence-electron chi connectivity index (χ0n) is 9.54. The lowest BCUT2D eigenvalue weighted by atomic mass is 10.3. The fourth-order valence-corrected chi connectivity index (χ4v) is 1.08. The van der Waals surface area contributed by atoms with Crippen molar-refractivity contribution in [2.45, 2.75) is 0 Å². The molecule has 0 atom stereocenters. The zero-order valence-corrected chi connectivity index (χ0v) is 9.54. The lowest BCUT2D eigenvalue weighted by molar-refractivity contribution is 0.0686. The highest BCUT2D eigenvalue weighted by Crippen LogP contribution is 2.24. The number of carbonyl (C=O) groups is 2. The number of aromatic carboxylic acids is 1. The fourth-order valence-electron chi connectivity index (χ4n) is 1.08. The van der Waals surface area contributed by atoms with Crippen LogP contribution in [0.25, 0.3) is 0 Å². The molecule has 0 spiro atoms.